The first kappa shape index (κ1) is 19.2. The highest BCUT2D eigenvalue weighted by Crippen LogP contribution is 2.51. The molecule has 8 heteroatoms. The molecule has 8 nitrogen and oxygen atoms in total. The van der Waals surface area contributed by atoms with Crippen LogP contribution >= 0.6 is 0 Å². The van der Waals surface area contributed by atoms with Crippen molar-refractivity contribution in [3.8, 4) is 0 Å². The van der Waals surface area contributed by atoms with E-state index in [-0.39, 0.29) is 0 Å². The third kappa shape index (κ3) is 2.66. The lowest BCUT2D eigenvalue weighted by Gasteiger charge is -2.67. The largest absolute Gasteiger partial charge is 0.394 e. The molecule has 0 spiro atoms. The lowest BCUT2D eigenvalue weighted by molar-refractivity contribution is -0.234. The summed E-state index contributed by atoms with van der Waals surface area (Å²) in [6, 6.07) is 0. The standard InChI is InChI=1S/C17H30N2O6/c1-3-16-6-18-8-17(4-2,15(16)25)9-19(7-16)14(18)13(24)12(23)11(22)10(21)5-20/h10-14,20-24H,3-9H2,1-2H3/t10-,11-,12-,13+,14?,16?,17?/m1/s1. The number of carbonyl (C=O) groups is 1. The zero-order valence-electron chi connectivity index (χ0n) is 14.9. The Labute approximate surface area is 147 Å². The highest BCUT2D eigenvalue weighted by molar-refractivity contribution is 5.93. The van der Waals surface area contributed by atoms with Crippen LogP contribution in [0.5, 0.6) is 0 Å². The summed E-state index contributed by atoms with van der Waals surface area (Å²) in [5.41, 5.74) is -0.867. The summed E-state index contributed by atoms with van der Waals surface area (Å²) in [4.78, 5) is 17.1. The number of Topliss-reactive ketones (excluding diaryl/α,β-unsaturated/α-hetero) is 1. The normalized spacial score (nSPS) is 44.6. The van der Waals surface area contributed by atoms with Crippen molar-refractivity contribution < 1.29 is 30.3 Å². The number of piperidine rings is 2. The molecule has 144 valence electrons. The lowest BCUT2D eigenvalue weighted by atomic mass is 9.58. The molecule has 0 aromatic rings. The number of ketones is 1. The minimum absolute atomic E-state index is 0.321. The summed E-state index contributed by atoms with van der Waals surface area (Å²) in [7, 11) is 0. The third-order valence-electron chi connectivity index (χ3n) is 6.67. The Bertz CT molecular complexity index is 487. The van der Waals surface area contributed by atoms with E-state index in [1.54, 1.807) is 0 Å². The molecule has 4 aliphatic heterocycles. The van der Waals surface area contributed by atoms with Crippen molar-refractivity contribution in [2.45, 2.75) is 57.3 Å². The van der Waals surface area contributed by atoms with Crippen LogP contribution in [-0.4, -0.2) is 104 Å². The minimum Gasteiger partial charge on any atom is -0.394 e. The summed E-state index contributed by atoms with van der Waals surface area (Å²) in [5, 5.41) is 49.4. The average Bonchev–Trinajstić information content (AvgIpc) is 2.62. The van der Waals surface area contributed by atoms with Crippen molar-refractivity contribution >= 4 is 5.78 Å². The number of aliphatic hydroxyl groups is 5. The number of hydrogen-bond donors (Lipinski definition) is 5. The van der Waals surface area contributed by atoms with Crippen molar-refractivity contribution in [1.82, 2.24) is 9.80 Å². The van der Waals surface area contributed by atoms with Crippen molar-refractivity contribution in [2.24, 2.45) is 10.8 Å². The zero-order chi connectivity index (χ0) is 18.6. The Hall–Kier alpha value is -0.610. The molecule has 4 aliphatic rings. The van der Waals surface area contributed by atoms with Gasteiger partial charge in [0.2, 0.25) is 0 Å². The predicted octanol–water partition coefficient (Wildman–Crippen LogP) is -2.24. The molecule has 0 aromatic heterocycles. The maximum Gasteiger partial charge on any atom is 0.150 e. The summed E-state index contributed by atoms with van der Waals surface area (Å²) in [5.74, 6) is 0.321. The van der Waals surface area contributed by atoms with Gasteiger partial charge < -0.3 is 25.5 Å². The Morgan fingerprint density at radius 3 is 1.76 bits per heavy atom. The second-order valence-electron chi connectivity index (χ2n) is 8.04. The molecule has 0 unspecified atom stereocenters. The molecular weight excluding hydrogens is 328 g/mol. The molecule has 5 N–H and O–H groups in total. The highest BCUT2D eigenvalue weighted by Gasteiger charge is 2.65. The van der Waals surface area contributed by atoms with Gasteiger partial charge in [0.15, 0.2) is 0 Å². The molecule has 4 heterocycles. The quantitative estimate of drug-likeness (QED) is 0.346. The summed E-state index contributed by atoms with van der Waals surface area (Å²) in [6.07, 6.45) is -5.10. The van der Waals surface area contributed by atoms with Gasteiger partial charge >= 0.3 is 0 Å². The number of aliphatic hydroxyl groups excluding tert-OH is 5. The fourth-order valence-electron chi connectivity index (χ4n) is 5.14. The Kier molecular flexibility index (Phi) is 5.00. The molecule has 4 bridgehead atoms. The number of rotatable bonds is 7. The minimum atomic E-state index is -1.64. The van der Waals surface area contributed by atoms with E-state index in [1.807, 2.05) is 23.6 Å². The second-order valence-corrected chi connectivity index (χ2v) is 8.04. The van der Waals surface area contributed by atoms with E-state index >= 15 is 0 Å². The summed E-state index contributed by atoms with van der Waals surface area (Å²) in [6.45, 7) is 5.47. The SMILES string of the molecule is CCC12CN3CC(CC)(CN(C1)C3[C@@H](O)[C@H](O)[C@H](O)[C@H](O)CO)C2=O. The van der Waals surface area contributed by atoms with E-state index in [1.165, 1.54) is 0 Å². The Balaban J connectivity index is 1.84. The van der Waals surface area contributed by atoms with Crippen LogP contribution in [0.25, 0.3) is 0 Å². The molecule has 4 saturated heterocycles. The van der Waals surface area contributed by atoms with E-state index in [0.717, 1.165) is 12.8 Å². The van der Waals surface area contributed by atoms with Crippen LogP contribution in [0.4, 0.5) is 0 Å². The van der Waals surface area contributed by atoms with Crippen LogP contribution in [0.2, 0.25) is 0 Å². The summed E-state index contributed by atoms with van der Waals surface area (Å²) < 4.78 is 0. The van der Waals surface area contributed by atoms with Gasteiger partial charge in [-0.25, -0.2) is 0 Å². The first-order valence-electron chi connectivity index (χ1n) is 9.11. The van der Waals surface area contributed by atoms with Gasteiger partial charge in [-0.3, -0.25) is 14.6 Å². The van der Waals surface area contributed by atoms with Crippen molar-refractivity contribution in [3.05, 3.63) is 0 Å². The maximum atomic E-state index is 13.1. The first-order chi connectivity index (χ1) is 11.7. The van der Waals surface area contributed by atoms with Crippen LogP contribution in [-0.2, 0) is 4.79 Å². The van der Waals surface area contributed by atoms with Gasteiger partial charge in [0.25, 0.3) is 0 Å². The van der Waals surface area contributed by atoms with Gasteiger partial charge in [-0.15, -0.1) is 0 Å². The zero-order valence-corrected chi connectivity index (χ0v) is 14.9. The Morgan fingerprint density at radius 1 is 0.960 bits per heavy atom. The molecule has 4 rings (SSSR count). The molecule has 4 atom stereocenters. The fraction of sp³-hybridized carbons (Fsp3) is 0.941. The molecule has 0 aliphatic carbocycles. The molecule has 4 fully saturated rings. The molecule has 0 amide bonds. The van der Waals surface area contributed by atoms with Crippen molar-refractivity contribution in [3.63, 3.8) is 0 Å². The van der Waals surface area contributed by atoms with Crippen LogP contribution in [0, 0.1) is 10.8 Å². The predicted molar refractivity (Wildman–Crippen MR) is 88.5 cm³/mol. The van der Waals surface area contributed by atoms with E-state index in [2.05, 4.69) is 0 Å². The van der Waals surface area contributed by atoms with Gasteiger partial charge in [0.05, 0.1) is 23.6 Å². The highest BCUT2D eigenvalue weighted by atomic mass is 16.4. The van der Waals surface area contributed by atoms with E-state index < -0.39 is 48.0 Å². The van der Waals surface area contributed by atoms with Crippen LogP contribution in [0.3, 0.4) is 0 Å². The number of carbonyl (C=O) groups excluding carboxylic acids is 1. The van der Waals surface area contributed by atoms with Gasteiger partial charge in [-0.1, -0.05) is 13.8 Å². The molecule has 25 heavy (non-hydrogen) atoms. The van der Waals surface area contributed by atoms with E-state index in [0.29, 0.717) is 32.0 Å². The Morgan fingerprint density at radius 2 is 1.40 bits per heavy atom. The maximum absolute atomic E-state index is 13.1. The monoisotopic (exact) mass is 358 g/mol. The lowest BCUT2D eigenvalue weighted by Crippen LogP contribution is -2.81. The topological polar surface area (TPSA) is 125 Å². The van der Waals surface area contributed by atoms with Crippen LogP contribution in [0.1, 0.15) is 26.7 Å². The van der Waals surface area contributed by atoms with Crippen molar-refractivity contribution in [2.75, 3.05) is 32.8 Å². The third-order valence-corrected chi connectivity index (χ3v) is 6.67. The van der Waals surface area contributed by atoms with Gasteiger partial charge in [-0.2, -0.15) is 0 Å². The molecule has 0 aromatic carbocycles. The van der Waals surface area contributed by atoms with Crippen LogP contribution in [0.15, 0.2) is 0 Å². The van der Waals surface area contributed by atoms with Gasteiger partial charge in [0.1, 0.15) is 30.2 Å². The number of nitrogens with zero attached hydrogens (tertiary/aromatic N) is 2. The molecule has 0 saturated carbocycles. The van der Waals surface area contributed by atoms with Gasteiger partial charge in [0, 0.05) is 26.2 Å². The summed E-state index contributed by atoms with van der Waals surface area (Å²) >= 11 is 0. The number of hydrogen-bond acceptors (Lipinski definition) is 8. The smallest absolute Gasteiger partial charge is 0.150 e. The molecule has 0 radical (unpaired) electrons. The first-order valence-corrected chi connectivity index (χ1v) is 9.11. The average molecular weight is 358 g/mol. The fourth-order valence-corrected chi connectivity index (χ4v) is 5.14. The van der Waals surface area contributed by atoms with Gasteiger partial charge in [-0.05, 0) is 12.8 Å². The van der Waals surface area contributed by atoms with E-state index in [9.17, 15) is 25.2 Å². The molecular formula is C17H30N2O6. The second kappa shape index (κ2) is 6.53. The van der Waals surface area contributed by atoms with Crippen LogP contribution < -0.4 is 0 Å². The van der Waals surface area contributed by atoms with E-state index in [4.69, 9.17) is 5.11 Å². The van der Waals surface area contributed by atoms with Crippen molar-refractivity contribution in [1.29, 1.82) is 0 Å².